The van der Waals surface area contributed by atoms with Gasteiger partial charge in [0.05, 0.1) is 0 Å². The van der Waals surface area contributed by atoms with E-state index in [1.165, 1.54) is 81.8 Å². The van der Waals surface area contributed by atoms with Crippen LogP contribution in [0.2, 0.25) is 0 Å². The van der Waals surface area contributed by atoms with Gasteiger partial charge in [-0.3, -0.25) is 14.4 Å². The molecule has 0 aromatic heterocycles. The Morgan fingerprint density at radius 2 is 0.912 bits per heavy atom. The van der Waals surface area contributed by atoms with Crippen LogP contribution < -0.4 is 0 Å². The molecule has 0 aromatic rings. The Morgan fingerprint density at radius 1 is 0.450 bits per heavy atom. The molecule has 3 heterocycles. The Morgan fingerprint density at radius 3 is 1.44 bits per heavy atom. The van der Waals surface area contributed by atoms with Crippen molar-refractivity contribution in [1.29, 1.82) is 0 Å². The molecule has 17 aliphatic carbocycles. The van der Waals surface area contributed by atoms with Gasteiger partial charge in [-0.25, -0.2) is 14.4 Å². The zero-order valence-corrected chi connectivity index (χ0v) is 47.3. The second-order valence-corrected chi connectivity index (χ2v) is 31.8. The number of aliphatic hydroxyl groups excluding tert-OH is 1. The summed E-state index contributed by atoms with van der Waals surface area (Å²) < 4.78 is 18.2. The van der Waals surface area contributed by atoms with E-state index >= 15 is 0 Å². The van der Waals surface area contributed by atoms with Crippen LogP contribution in [0.15, 0.2) is 71.4 Å². The molecule has 0 aromatic carbocycles. The van der Waals surface area contributed by atoms with Crippen molar-refractivity contribution < 1.29 is 48.1 Å². The Hall–Kier alpha value is -4.18. The van der Waals surface area contributed by atoms with Gasteiger partial charge in [0.2, 0.25) is 0 Å². The molecule has 10 heteroatoms. The van der Waals surface area contributed by atoms with E-state index in [1.807, 2.05) is 12.2 Å². The van der Waals surface area contributed by atoms with Gasteiger partial charge in [-0.2, -0.15) is 0 Å². The minimum Gasteiger partial charge on any atom is -0.451 e. The smallest absolute Gasteiger partial charge is 0.331 e. The van der Waals surface area contributed by atoms with E-state index in [1.54, 1.807) is 23.8 Å². The number of aliphatic hydroxyl groups is 1. The number of allylic oxidation sites excluding steroid dienone is 2. The number of esters is 3. The second kappa shape index (κ2) is 15.8. The molecule has 422 valence electrons. The highest BCUT2D eigenvalue weighted by Crippen LogP contribution is 2.83. The highest BCUT2D eigenvalue weighted by Gasteiger charge is 2.82. The van der Waals surface area contributed by atoms with Gasteiger partial charge in [0.1, 0.15) is 16.8 Å². The predicted octanol–water partition coefficient (Wildman–Crippen LogP) is 11.0. The lowest BCUT2D eigenvalue weighted by molar-refractivity contribution is -0.169. The average Bonchev–Trinajstić information content (AvgIpc) is 3.67. The lowest BCUT2D eigenvalue weighted by Gasteiger charge is -2.58. The Kier molecular flexibility index (Phi) is 9.71. The topological polar surface area (TPSA) is 150 Å². The molecular formula is C70H82O10. The van der Waals surface area contributed by atoms with Gasteiger partial charge in [-0.05, 0) is 252 Å². The third-order valence-corrected chi connectivity index (χ3v) is 29.6. The second-order valence-electron chi connectivity index (χ2n) is 31.8. The van der Waals surface area contributed by atoms with Gasteiger partial charge in [0, 0.05) is 84.0 Å². The first-order valence-corrected chi connectivity index (χ1v) is 32.6. The zero-order chi connectivity index (χ0) is 54.2. The van der Waals surface area contributed by atoms with Gasteiger partial charge in [-0.1, -0.05) is 37.5 Å². The highest BCUT2D eigenvalue weighted by molar-refractivity contribution is 5.93. The minimum absolute atomic E-state index is 0.0239. The quantitative estimate of drug-likeness (QED) is 0.199. The van der Waals surface area contributed by atoms with Crippen molar-refractivity contribution >= 4 is 35.3 Å². The van der Waals surface area contributed by atoms with Crippen molar-refractivity contribution in [2.75, 3.05) is 6.61 Å². The van der Waals surface area contributed by atoms with Crippen molar-refractivity contribution in [1.82, 2.24) is 0 Å². The van der Waals surface area contributed by atoms with Gasteiger partial charge >= 0.3 is 17.9 Å². The molecule has 0 amide bonds. The largest absolute Gasteiger partial charge is 0.451 e. The minimum atomic E-state index is -0.377. The molecule has 14 saturated carbocycles. The number of rotatable bonds is 1. The van der Waals surface area contributed by atoms with Gasteiger partial charge in [-0.15, -0.1) is 0 Å². The third-order valence-electron chi connectivity index (χ3n) is 29.6. The summed E-state index contributed by atoms with van der Waals surface area (Å²) in [6.45, 7) is 7.40. The molecule has 27 atom stereocenters. The summed E-state index contributed by atoms with van der Waals surface area (Å²) in [6, 6.07) is 0. The third kappa shape index (κ3) is 6.03. The molecule has 4 spiro atoms. The Labute approximate surface area is 471 Å². The van der Waals surface area contributed by atoms with Crippen LogP contribution in [0.5, 0.6) is 0 Å². The molecule has 3 aliphatic heterocycles. The zero-order valence-electron chi connectivity index (χ0n) is 47.3. The molecule has 20 rings (SSSR count). The molecule has 18 unspecified atom stereocenters. The van der Waals surface area contributed by atoms with E-state index in [9.17, 15) is 33.9 Å². The van der Waals surface area contributed by atoms with Crippen molar-refractivity contribution in [3.63, 3.8) is 0 Å². The summed E-state index contributed by atoms with van der Waals surface area (Å²) in [5.41, 5.74) is 3.98. The van der Waals surface area contributed by atoms with Crippen molar-refractivity contribution in [2.45, 2.75) is 166 Å². The molecule has 0 saturated heterocycles. The maximum absolute atomic E-state index is 12.2. The Bertz CT molecular complexity index is 3110. The average molecular weight is 1080 g/mol. The number of carbonyl (C=O) groups is 6. The van der Waals surface area contributed by atoms with Crippen LogP contribution in [-0.2, 0) is 43.0 Å². The van der Waals surface area contributed by atoms with Crippen LogP contribution in [0.25, 0.3) is 0 Å². The first kappa shape index (κ1) is 49.3. The number of ether oxygens (including phenoxy) is 3. The summed E-state index contributed by atoms with van der Waals surface area (Å²) in [5, 5.41) is 10.1. The fourth-order valence-corrected chi connectivity index (χ4v) is 26.5. The molecule has 14 fully saturated rings. The van der Waals surface area contributed by atoms with Crippen LogP contribution in [0.1, 0.15) is 149 Å². The monoisotopic (exact) mass is 1080 g/mol. The summed E-state index contributed by atoms with van der Waals surface area (Å²) in [6.07, 6.45) is 39.7. The number of fused-ring (bicyclic) bond motifs is 31. The number of carbonyl (C=O) groups excluding carboxylic acids is 6. The maximum Gasteiger partial charge on any atom is 0.331 e. The molecule has 0 radical (unpaired) electrons. The molecule has 1 N–H and O–H groups in total. The number of ketones is 3. The fraction of sp³-hybridized carbons (Fsp3) is 0.743. The van der Waals surface area contributed by atoms with E-state index in [0.29, 0.717) is 94.4 Å². The summed E-state index contributed by atoms with van der Waals surface area (Å²) in [4.78, 5) is 72.2. The van der Waals surface area contributed by atoms with Gasteiger partial charge < -0.3 is 19.3 Å². The van der Waals surface area contributed by atoms with Crippen molar-refractivity contribution in [2.24, 2.45) is 146 Å². The standard InChI is InChI=1S/C24H28O3.C23H28O4.C23H26O3/c1-22-6-4-14-15-3-2-13(25)10-18(15)23(8-9-23)12-17(14)21(22)16-11-19(16)24(22)7-5-20(26)27-24;1-22-6-4-15-14-3-2-13(25)9-16(14)12(11-24)8-17(15)21(22)18-10-19(18)23(22)7-5-20(26)27-23;1-22-6-4-13-12-3-2-11(24)8-14(12)15-9-16(15)20(13)21(22)17-10-18(17)23(22)7-5-19(25)26-23/h5,7,10,14-17,19,21H,2-4,6,8-9,11-12H2,1H3;5,7,9,12,14-15,17-19,21,24H,2-4,6,8,10-11H2,1H3;5,7-8,12-13,15-18,20-21H,2-4,6,9-10H2,1H3/t14?,15-,16?,17?,19?,21?,22+,24+;12?,14-,15?,17?,18?,19?,21?,22+,23+;12-,13?,15?,16?,17?,18?,20?,21?,22+,23+/m111/s1. The fourth-order valence-electron chi connectivity index (χ4n) is 26.5. The van der Waals surface area contributed by atoms with Crippen LogP contribution >= 0.6 is 0 Å². The van der Waals surface area contributed by atoms with E-state index in [-0.39, 0.29) is 69.3 Å². The van der Waals surface area contributed by atoms with Crippen molar-refractivity contribution in [3.05, 3.63) is 71.4 Å². The normalized spacial score (nSPS) is 56.9. The van der Waals surface area contributed by atoms with E-state index in [2.05, 4.69) is 45.1 Å². The van der Waals surface area contributed by atoms with E-state index in [0.717, 1.165) is 98.7 Å². The highest BCUT2D eigenvalue weighted by atomic mass is 16.6. The molecular weight excluding hydrogens is 1000 g/mol. The van der Waals surface area contributed by atoms with Gasteiger partial charge in [0.25, 0.3) is 0 Å². The SMILES string of the molecule is C[C@]12CCC3C(C4CC4C4=CC(=O)CC[C@@H]43)C1C1CC1[C@@]21C=CC(=O)O1.C[C@]12CCC3C(CC(CO)C4=CC(=O)CC[C@@H]43)C1C1CC1[C@@]21C=CC(=O)O1.C[C@]12CCC3C(CC4(CC4)C4=CC(=O)CC[C@@H]43)C1C1CC1[C@@]21C=CC(=O)O1. The molecule has 10 nitrogen and oxygen atoms in total. The Balaban J connectivity index is 0.0000000929. The summed E-state index contributed by atoms with van der Waals surface area (Å²) in [5.74, 6) is 14.1. The lowest BCUT2D eigenvalue weighted by atomic mass is 9.47. The number of hydrogen-bond donors (Lipinski definition) is 1. The molecule has 80 heavy (non-hydrogen) atoms. The van der Waals surface area contributed by atoms with Crippen LogP contribution in [-0.4, -0.2) is 63.8 Å². The first-order chi connectivity index (χ1) is 38.5. The van der Waals surface area contributed by atoms with Gasteiger partial charge in [0.15, 0.2) is 17.3 Å². The lowest BCUT2D eigenvalue weighted by Crippen LogP contribution is -2.55. The van der Waals surface area contributed by atoms with Crippen molar-refractivity contribution in [3.8, 4) is 0 Å². The van der Waals surface area contributed by atoms with Crippen LogP contribution in [0, 0.1) is 146 Å². The van der Waals surface area contributed by atoms with E-state index < -0.39 is 0 Å². The first-order valence-electron chi connectivity index (χ1n) is 32.6. The van der Waals surface area contributed by atoms with Crippen LogP contribution in [0.3, 0.4) is 0 Å². The predicted molar refractivity (Wildman–Crippen MR) is 293 cm³/mol. The van der Waals surface area contributed by atoms with E-state index in [4.69, 9.17) is 14.2 Å². The maximum atomic E-state index is 12.2. The number of hydrogen-bond acceptors (Lipinski definition) is 10. The van der Waals surface area contributed by atoms with Crippen LogP contribution in [0.4, 0.5) is 0 Å². The molecule has 20 aliphatic rings. The summed E-state index contributed by atoms with van der Waals surface area (Å²) >= 11 is 0. The summed E-state index contributed by atoms with van der Waals surface area (Å²) in [7, 11) is 0. The molecule has 0 bridgehead atoms.